The molecule has 43 heavy (non-hydrogen) atoms. The monoisotopic (exact) mass is 586 g/mol. The number of aryl methyl sites for hydroxylation is 1. The molecule has 5 aromatic rings. The zero-order chi connectivity index (χ0) is 30.1. The number of halogens is 2. The summed E-state index contributed by atoms with van der Waals surface area (Å²) < 4.78 is 49.6. The molecular weight excluding hydrogens is 558 g/mol. The van der Waals surface area contributed by atoms with Crippen molar-refractivity contribution < 1.29 is 32.9 Å². The largest absolute Gasteiger partial charge is 0.496 e. The minimum absolute atomic E-state index is 0.00413. The molecular formula is C32H28F2N4O5. The Bertz CT molecular complexity index is 1840. The Labute approximate surface area is 245 Å². The molecule has 0 aliphatic carbocycles. The molecule has 0 bridgehead atoms. The molecule has 0 amide bonds. The highest BCUT2D eigenvalue weighted by Gasteiger charge is 2.24. The molecule has 1 N–H and O–H groups in total. The van der Waals surface area contributed by atoms with E-state index in [1.165, 1.54) is 6.07 Å². The van der Waals surface area contributed by atoms with E-state index in [9.17, 15) is 9.90 Å². The Morgan fingerprint density at radius 1 is 1.09 bits per heavy atom. The summed E-state index contributed by atoms with van der Waals surface area (Å²) in [5.41, 5.74) is 3.12. The highest BCUT2D eigenvalue weighted by molar-refractivity contribution is 5.92. The van der Waals surface area contributed by atoms with Gasteiger partial charge in [-0.1, -0.05) is 6.07 Å². The Morgan fingerprint density at radius 3 is 2.67 bits per heavy atom. The predicted molar refractivity (Wildman–Crippen MR) is 153 cm³/mol. The van der Waals surface area contributed by atoms with Gasteiger partial charge in [0.2, 0.25) is 5.88 Å². The van der Waals surface area contributed by atoms with Crippen molar-refractivity contribution in [2.75, 3.05) is 13.7 Å². The van der Waals surface area contributed by atoms with Crippen LogP contribution in [0, 0.1) is 18.6 Å². The first kappa shape index (κ1) is 28.2. The van der Waals surface area contributed by atoms with Gasteiger partial charge in [-0.3, -0.25) is 4.98 Å². The first-order valence-corrected chi connectivity index (χ1v) is 13.7. The number of carboxylic acid groups (broad SMARTS) is 1. The number of rotatable bonds is 10. The zero-order valence-corrected chi connectivity index (χ0v) is 23.5. The Morgan fingerprint density at radius 2 is 1.93 bits per heavy atom. The Kier molecular flexibility index (Phi) is 7.73. The van der Waals surface area contributed by atoms with E-state index in [0.29, 0.717) is 35.8 Å². The Hall–Kier alpha value is -4.90. The third-order valence-electron chi connectivity index (χ3n) is 7.41. The first-order valence-electron chi connectivity index (χ1n) is 13.7. The van der Waals surface area contributed by atoms with Crippen molar-refractivity contribution >= 4 is 17.0 Å². The number of carboxylic acids is 1. The summed E-state index contributed by atoms with van der Waals surface area (Å²) in [5, 5.41) is 9.47. The maximum Gasteiger partial charge on any atom is 0.335 e. The fourth-order valence-electron chi connectivity index (χ4n) is 5.02. The Balaban J connectivity index is 1.26. The van der Waals surface area contributed by atoms with Gasteiger partial charge in [0.25, 0.3) is 0 Å². The fourth-order valence-corrected chi connectivity index (χ4v) is 5.02. The summed E-state index contributed by atoms with van der Waals surface area (Å²) in [6, 6.07) is 13.6. The van der Waals surface area contributed by atoms with Gasteiger partial charge in [0, 0.05) is 48.2 Å². The lowest BCUT2D eigenvalue weighted by atomic mass is 10.0. The van der Waals surface area contributed by atoms with Crippen LogP contribution in [0.15, 0.2) is 60.8 Å². The van der Waals surface area contributed by atoms with Crippen LogP contribution in [0.2, 0.25) is 0 Å². The molecule has 11 heteroatoms. The van der Waals surface area contributed by atoms with Crippen LogP contribution in [0.4, 0.5) is 8.78 Å². The second kappa shape index (κ2) is 11.8. The zero-order valence-electron chi connectivity index (χ0n) is 23.5. The summed E-state index contributed by atoms with van der Waals surface area (Å²) in [4.78, 5) is 24.9. The van der Waals surface area contributed by atoms with Crippen LogP contribution in [-0.2, 0) is 24.3 Å². The van der Waals surface area contributed by atoms with Gasteiger partial charge >= 0.3 is 5.97 Å². The van der Waals surface area contributed by atoms with E-state index < -0.39 is 17.6 Å². The number of nitrogens with zero attached hydrogens (tertiary/aromatic N) is 4. The van der Waals surface area contributed by atoms with Crippen LogP contribution >= 0.6 is 0 Å². The van der Waals surface area contributed by atoms with Crippen molar-refractivity contribution in [3.8, 4) is 22.9 Å². The molecule has 220 valence electrons. The van der Waals surface area contributed by atoms with E-state index in [-0.39, 0.29) is 47.4 Å². The number of hydrogen-bond donors (Lipinski definition) is 1. The molecule has 1 atom stereocenters. The minimum Gasteiger partial charge on any atom is -0.496 e. The quantitative estimate of drug-likeness (QED) is 0.221. The minimum atomic E-state index is -1.06. The van der Waals surface area contributed by atoms with Gasteiger partial charge in [0.05, 0.1) is 42.0 Å². The van der Waals surface area contributed by atoms with Gasteiger partial charge in [-0.25, -0.2) is 23.5 Å². The number of methoxy groups -OCH3 is 1. The van der Waals surface area contributed by atoms with Crippen molar-refractivity contribution in [1.82, 2.24) is 19.5 Å². The smallest absolute Gasteiger partial charge is 0.335 e. The molecule has 1 aliphatic rings. The van der Waals surface area contributed by atoms with Gasteiger partial charge in [-0.05, 0) is 55.3 Å². The van der Waals surface area contributed by atoms with E-state index in [4.69, 9.17) is 14.2 Å². The van der Waals surface area contributed by atoms with E-state index >= 15 is 8.78 Å². The average molecular weight is 587 g/mol. The SMILES string of the molecule is COc1cc(C)ncc1COc1cccc(-c2cc(F)c(Cc3nc4ccc(C(=O)O)cc4n3C[C@@H]3CCO3)cc2F)n1. The number of pyridine rings is 2. The molecule has 0 unspecified atom stereocenters. The predicted octanol–water partition coefficient (Wildman–Crippen LogP) is 5.75. The number of aromatic nitrogens is 4. The molecule has 1 aliphatic heterocycles. The fraction of sp³-hybridized carbons (Fsp3) is 0.250. The van der Waals surface area contributed by atoms with Gasteiger partial charge < -0.3 is 23.9 Å². The highest BCUT2D eigenvalue weighted by atomic mass is 19.1. The summed E-state index contributed by atoms with van der Waals surface area (Å²) in [6.45, 7) is 3.06. The summed E-state index contributed by atoms with van der Waals surface area (Å²) >= 11 is 0. The summed E-state index contributed by atoms with van der Waals surface area (Å²) in [6.07, 6.45) is 2.44. The van der Waals surface area contributed by atoms with Crippen LogP contribution in [0.3, 0.4) is 0 Å². The summed E-state index contributed by atoms with van der Waals surface area (Å²) in [5.74, 6) is -0.989. The van der Waals surface area contributed by atoms with Crippen molar-refractivity contribution in [2.45, 2.75) is 39.0 Å². The summed E-state index contributed by atoms with van der Waals surface area (Å²) in [7, 11) is 1.56. The molecule has 4 heterocycles. The van der Waals surface area contributed by atoms with Crippen molar-refractivity contribution in [3.63, 3.8) is 0 Å². The first-order chi connectivity index (χ1) is 20.8. The van der Waals surface area contributed by atoms with Crippen LogP contribution in [0.25, 0.3) is 22.3 Å². The number of hydrogen-bond acceptors (Lipinski definition) is 7. The number of fused-ring (bicyclic) bond motifs is 1. The van der Waals surface area contributed by atoms with Crippen molar-refractivity contribution in [2.24, 2.45) is 0 Å². The second-order valence-electron chi connectivity index (χ2n) is 10.3. The van der Waals surface area contributed by atoms with Crippen molar-refractivity contribution in [3.05, 3.63) is 101 Å². The number of ether oxygens (including phenoxy) is 3. The molecule has 2 aromatic carbocycles. The highest BCUT2D eigenvalue weighted by Crippen LogP contribution is 2.29. The van der Waals surface area contributed by atoms with Crippen LogP contribution in [0.1, 0.15) is 39.4 Å². The van der Waals surface area contributed by atoms with E-state index in [1.54, 1.807) is 49.7 Å². The standard InChI is InChI=1S/C32H28F2N4O5/c1-18-10-29(41-2)21(15-35-18)17-43-31-5-3-4-26(37-31)23-14-24(33)20(11-25(23)34)13-30-36-27-7-6-19(32(39)40)12-28(27)38(30)16-22-8-9-42-22/h3-7,10-12,14-15,22H,8-9,13,16-17H2,1-2H3,(H,39,40)/t22-/m0/s1. The number of carbonyl (C=O) groups is 1. The second-order valence-corrected chi connectivity index (χ2v) is 10.3. The lowest BCUT2D eigenvalue weighted by molar-refractivity contribution is -0.0589. The van der Waals surface area contributed by atoms with E-state index in [0.717, 1.165) is 29.8 Å². The number of imidazole rings is 1. The lowest BCUT2D eigenvalue weighted by Gasteiger charge is -2.27. The molecule has 3 aromatic heterocycles. The topological polar surface area (TPSA) is 109 Å². The molecule has 9 nitrogen and oxygen atoms in total. The third kappa shape index (κ3) is 5.89. The van der Waals surface area contributed by atoms with Crippen LogP contribution in [-0.4, -0.2) is 50.4 Å². The molecule has 1 saturated heterocycles. The molecule has 0 radical (unpaired) electrons. The maximum atomic E-state index is 15.5. The van der Waals surface area contributed by atoms with Gasteiger partial charge in [0.15, 0.2) is 0 Å². The normalized spacial score (nSPS) is 14.5. The lowest BCUT2D eigenvalue weighted by Crippen LogP contribution is -2.31. The molecule has 0 spiro atoms. The number of benzene rings is 2. The van der Waals surface area contributed by atoms with Gasteiger partial charge in [-0.2, -0.15) is 0 Å². The third-order valence-corrected chi connectivity index (χ3v) is 7.41. The molecule has 1 fully saturated rings. The van der Waals surface area contributed by atoms with Gasteiger partial charge in [-0.15, -0.1) is 0 Å². The van der Waals surface area contributed by atoms with Gasteiger partial charge in [0.1, 0.15) is 29.8 Å². The number of aromatic carboxylic acids is 1. The van der Waals surface area contributed by atoms with Crippen LogP contribution in [0.5, 0.6) is 11.6 Å². The maximum absolute atomic E-state index is 15.5. The average Bonchev–Trinajstić information content (AvgIpc) is 3.31. The van der Waals surface area contributed by atoms with E-state index in [1.807, 2.05) is 11.5 Å². The van der Waals surface area contributed by atoms with Crippen LogP contribution < -0.4 is 9.47 Å². The molecule has 0 saturated carbocycles. The van der Waals surface area contributed by atoms with Crippen molar-refractivity contribution in [1.29, 1.82) is 0 Å². The van der Waals surface area contributed by atoms with E-state index in [2.05, 4.69) is 15.0 Å². The molecule has 6 rings (SSSR count).